The SMILES string of the molecule is CCCCCC/C=C\C/C=C\CCCCCCCCCC(=O)OCC(O)COP(=O)(O)OCCNC(=O)CCCC. The van der Waals surface area contributed by atoms with Crippen molar-refractivity contribution in [2.24, 2.45) is 0 Å². The largest absolute Gasteiger partial charge is 0.472 e. The maximum atomic E-state index is 11.9. The van der Waals surface area contributed by atoms with Gasteiger partial charge in [0.15, 0.2) is 0 Å². The van der Waals surface area contributed by atoms with Crippen LogP contribution in [0.5, 0.6) is 0 Å². The highest BCUT2D eigenvalue weighted by molar-refractivity contribution is 7.47. The first-order chi connectivity index (χ1) is 19.8. The van der Waals surface area contributed by atoms with Crippen LogP contribution in [0, 0.1) is 0 Å². The van der Waals surface area contributed by atoms with Gasteiger partial charge in [0.2, 0.25) is 5.91 Å². The molecule has 0 aromatic carbocycles. The molecule has 240 valence electrons. The van der Waals surface area contributed by atoms with E-state index in [1.165, 1.54) is 51.4 Å². The first kappa shape index (κ1) is 39.5. The Kier molecular flexibility index (Phi) is 27.5. The van der Waals surface area contributed by atoms with Crippen molar-refractivity contribution in [3.63, 3.8) is 0 Å². The summed E-state index contributed by atoms with van der Waals surface area (Å²) in [6, 6.07) is 0. The Labute approximate surface area is 249 Å². The average molecular weight is 604 g/mol. The van der Waals surface area contributed by atoms with Gasteiger partial charge in [0.25, 0.3) is 0 Å². The zero-order valence-electron chi connectivity index (χ0n) is 25.7. The van der Waals surface area contributed by atoms with Crippen molar-refractivity contribution in [1.82, 2.24) is 5.32 Å². The Morgan fingerprint density at radius 3 is 1.98 bits per heavy atom. The van der Waals surface area contributed by atoms with Gasteiger partial charge in [0, 0.05) is 19.4 Å². The highest BCUT2D eigenvalue weighted by Gasteiger charge is 2.23. The van der Waals surface area contributed by atoms with Crippen molar-refractivity contribution in [2.75, 3.05) is 26.4 Å². The number of hydrogen-bond donors (Lipinski definition) is 3. The van der Waals surface area contributed by atoms with Gasteiger partial charge in [-0.3, -0.25) is 18.6 Å². The van der Waals surface area contributed by atoms with Gasteiger partial charge in [-0.25, -0.2) is 4.57 Å². The molecule has 2 unspecified atom stereocenters. The van der Waals surface area contributed by atoms with E-state index >= 15 is 0 Å². The minimum absolute atomic E-state index is 0.0752. The number of phosphoric ester groups is 1. The first-order valence-electron chi connectivity index (χ1n) is 15.8. The lowest BCUT2D eigenvalue weighted by atomic mass is 10.1. The molecule has 0 aromatic heterocycles. The van der Waals surface area contributed by atoms with Crippen LogP contribution in [0.1, 0.15) is 129 Å². The zero-order valence-corrected chi connectivity index (χ0v) is 26.6. The Balaban J connectivity index is 3.60. The van der Waals surface area contributed by atoms with Crippen LogP contribution in [0.3, 0.4) is 0 Å². The van der Waals surface area contributed by atoms with Gasteiger partial charge in [-0.05, 0) is 44.9 Å². The van der Waals surface area contributed by atoms with E-state index in [1.54, 1.807) is 0 Å². The van der Waals surface area contributed by atoms with E-state index < -0.39 is 26.5 Å². The van der Waals surface area contributed by atoms with Crippen molar-refractivity contribution >= 4 is 19.7 Å². The van der Waals surface area contributed by atoms with E-state index in [0.717, 1.165) is 51.4 Å². The summed E-state index contributed by atoms with van der Waals surface area (Å²) in [7, 11) is -4.38. The number of hydrogen-bond acceptors (Lipinski definition) is 7. The number of unbranched alkanes of at least 4 members (excludes halogenated alkanes) is 12. The lowest BCUT2D eigenvalue weighted by Crippen LogP contribution is -2.27. The fraction of sp³-hybridized carbons (Fsp3) is 0.806. The highest BCUT2D eigenvalue weighted by atomic mass is 31.2. The monoisotopic (exact) mass is 603 g/mol. The molecule has 9 nitrogen and oxygen atoms in total. The predicted molar refractivity (Wildman–Crippen MR) is 164 cm³/mol. The summed E-state index contributed by atoms with van der Waals surface area (Å²) in [5, 5.41) is 12.4. The molecule has 0 saturated carbocycles. The van der Waals surface area contributed by atoms with E-state index in [4.69, 9.17) is 13.8 Å². The number of amides is 1. The molecule has 0 aliphatic heterocycles. The quantitative estimate of drug-likeness (QED) is 0.0351. The van der Waals surface area contributed by atoms with Crippen molar-refractivity contribution in [3.8, 4) is 0 Å². The molecule has 0 spiro atoms. The Bertz CT molecular complexity index is 744. The van der Waals surface area contributed by atoms with E-state index in [-0.39, 0.29) is 32.1 Å². The van der Waals surface area contributed by atoms with Crippen LogP contribution in [0.4, 0.5) is 0 Å². The van der Waals surface area contributed by atoms with Crippen LogP contribution >= 0.6 is 7.82 Å². The number of nitrogens with one attached hydrogen (secondary N) is 1. The van der Waals surface area contributed by atoms with Crippen molar-refractivity contribution in [1.29, 1.82) is 0 Å². The minimum atomic E-state index is -4.38. The summed E-state index contributed by atoms with van der Waals surface area (Å²) in [4.78, 5) is 33.0. The van der Waals surface area contributed by atoms with Crippen LogP contribution in [0.2, 0.25) is 0 Å². The van der Waals surface area contributed by atoms with Crippen LogP contribution in [-0.4, -0.2) is 54.3 Å². The lowest BCUT2D eigenvalue weighted by molar-refractivity contribution is -0.147. The fourth-order valence-electron chi connectivity index (χ4n) is 3.92. The molecule has 0 rings (SSSR count). The summed E-state index contributed by atoms with van der Waals surface area (Å²) in [5.41, 5.74) is 0. The van der Waals surface area contributed by atoms with Gasteiger partial charge in [0.1, 0.15) is 12.7 Å². The number of allylic oxidation sites excluding steroid dienone is 4. The van der Waals surface area contributed by atoms with Crippen LogP contribution in [0.15, 0.2) is 24.3 Å². The van der Waals surface area contributed by atoms with Crippen LogP contribution < -0.4 is 5.32 Å². The third kappa shape index (κ3) is 29.8. The Morgan fingerprint density at radius 2 is 1.34 bits per heavy atom. The number of ether oxygens (including phenoxy) is 1. The van der Waals surface area contributed by atoms with E-state index in [9.17, 15) is 24.2 Å². The minimum Gasteiger partial charge on any atom is -0.463 e. The third-order valence-electron chi connectivity index (χ3n) is 6.38. The van der Waals surface area contributed by atoms with Crippen molar-refractivity contribution in [3.05, 3.63) is 24.3 Å². The summed E-state index contributed by atoms with van der Waals surface area (Å²) < 4.78 is 26.3. The molecule has 0 heterocycles. The van der Waals surface area contributed by atoms with E-state index in [0.29, 0.717) is 6.42 Å². The molecule has 41 heavy (non-hydrogen) atoms. The van der Waals surface area contributed by atoms with Gasteiger partial charge >= 0.3 is 13.8 Å². The molecule has 0 bridgehead atoms. The highest BCUT2D eigenvalue weighted by Crippen LogP contribution is 2.42. The van der Waals surface area contributed by atoms with Gasteiger partial charge in [-0.15, -0.1) is 0 Å². The smallest absolute Gasteiger partial charge is 0.463 e. The summed E-state index contributed by atoms with van der Waals surface area (Å²) in [6.07, 6.45) is 26.4. The normalized spacial score (nSPS) is 14.0. The van der Waals surface area contributed by atoms with Gasteiger partial charge in [-0.2, -0.15) is 0 Å². The van der Waals surface area contributed by atoms with Crippen molar-refractivity contribution in [2.45, 2.75) is 136 Å². The zero-order chi connectivity index (χ0) is 30.4. The van der Waals surface area contributed by atoms with Crippen molar-refractivity contribution < 1.29 is 37.9 Å². The maximum absolute atomic E-state index is 11.9. The molecule has 0 aromatic rings. The molecule has 0 aliphatic rings. The second-order valence-corrected chi connectivity index (χ2v) is 11.9. The molecule has 0 saturated heterocycles. The average Bonchev–Trinajstić information content (AvgIpc) is 2.95. The van der Waals surface area contributed by atoms with Gasteiger partial charge in [-0.1, -0.05) is 95.9 Å². The van der Waals surface area contributed by atoms with Gasteiger partial charge in [0.05, 0.1) is 13.2 Å². The molecule has 3 N–H and O–H groups in total. The lowest BCUT2D eigenvalue weighted by Gasteiger charge is -2.15. The molecule has 2 atom stereocenters. The first-order valence-corrected chi connectivity index (χ1v) is 17.3. The standard InChI is InChI=1S/C31H58NO8P/c1-3-5-7-8-9-10-11-12-13-14-15-16-17-18-19-20-21-22-24-31(35)38-27-29(33)28-40-41(36,37)39-26-25-32-30(34)23-6-4-2/h10-11,13-14,29,33H,3-9,12,15-28H2,1-2H3,(H,32,34)(H,36,37)/b11-10-,14-13-. The maximum Gasteiger partial charge on any atom is 0.472 e. The number of phosphoric acid groups is 1. The van der Waals surface area contributed by atoms with E-state index in [2.05, 4.69) is 36.5 Å². The molecule has 10 heteroatoms. The third-order valence-corrected chi connectivity index (χ3v) is 7.37. The molecule has 0 radical (unpaired) electrons. The number of aliphatic hydroxyl groups is 1. The predicted octanol–water partition coefficient (Wildman–Crippen LogP) is 7.31. The van der Waals surface area contributed by atoms with Crippen LogP contribution in [0.25, 0.3) is 0 Å². The summed E-state index contributed by atoms with van der Waals surface area (Å²) in [6.45, 7) is 3.25. The number of esters is 1. The molecule has 1 amide bonds. The molecular weight excluding hydrogens is 545 g/mol. The Hall–Kier alpha value is -1.51. The fourth-order valence-corrected chi connectivity index (χ4v) is 4.67. The number of aliphatic hydroxyl groups excluding tert-OH is 1. The Morgan fingerprint density at radius 1 is 0.756 bits per heavy atom. The van der Waals surface area contributed by atoms with Gasteiger partial charge < -0.3 is 20.1 Å². The molecule has 0 aliphatic carbocycles. The summed E-state index contributed by atoms with van der Waals surface area (Å²) >= 11 is 0. The molecule has 0 fully saturated rings. The summed E-state index contributed by atoms with van der Waals surface area (Å²) in [5.74, 6) is -0.563. The topological polar surface area (TPSA) is 131 Å². The second-order valence-electron chi connectivity index (χ2n) is 10.4. The molecular formula is C31H58NO8P. The number of rotatable bonds is 29. The van der Waals surface area contributed by atoms with Crippen LogP contribution in [-0.2, 0) is 27.9 Å². The number of carbonyl (C=O) groups is 2. The van der Waals surface area contributed by atoms with E-state index in [1.807, 2.05) is 6.92 Å². The second kappa shape index (κ2) is 28.6. The number of carbonyl (C=O) groups excluding carboxylic acids is 2.